The molecule has 1 aliphatic rings. The Labute approximate surface area is 108 Å². The minimum absolute atomic E-state index is 0.0887. The van der Waals surface area contributed by atoms with Crippen molar-refractivity contribution in [3.05, 3.63) is 23.8 Å². The molecule has 1 atom stereocenters. The maximum absolute atomic E-state index is 12.2. The lowest BCUT2D eigenvalue weighted by Crippen LogP contribution is -2.16. The largest absolute Gasteiger partial charge is 0.397 e. The van der Waals surface area contributed by atoms with Crippen molar-refractivity contribution in [2.45, 2.75) is 37.2 Å². The minimum atomic E-state index is -3.31. The average molecular weight is 269 g/mol. The highest BCUT2D eigenvalue weighted by molar-refractivity contribution is 7.91. The Kier molecular flexibility index (Phi) is 3.92. The van der Waals surface area contributed by atoms with E-state index >= 15 is 0 Å². The highest BCUT2D eigenvalue weighted by Crippen LogP contribution is 2.25. The van der Waals surface area contributed by atoms with Crippen LogP contribution in [-0.4, -0.2) is 26.9 Å². The van der Waals surface area contributed by atoms with Crippen molar-refractivity contribution in [2.75, 3.05) is 18.1 Å². The third kappa shape index (κ3) is 2.84. The van der Waals surface area contributed by atoms with Crippen LogP contribution in [0, 0.1) is 6.92 Å². The number of benzene rings is 1. The highest BCUT2D eigenvalue weighted by Gasteiger charge is 2.22. The topological polar surface area (TPSA) is 69.4 Å². The summed E-state index contributed by atoms with van der Waals surface area (Å²) >= 11 is 0. The maximum atomic E-state index is 12.2. The third-order valence-corrected chi connectivity index (χ3v) is 5.15. The van der Waals surface area contributed by atoms with Crippen molar-refractivity contribution in [2.24, 2.45) is 0 Å². The van der Waals surface area contributed by atoms with Crippen molar-refractivity contribution in [1.29, 1.82) is 0 Å². The second kappa shape index (κ2) is 5.28. The molecular formula is C13H19NO3S. The van der Waals surface area contributed by atoms with Gasteiger partial charge in [0.05, 0.1) is 22.4 Å². The fourth-order valence-corrected chi connectivity index (χ4v) is 3.77. The molecule has 0 amide bonds. The van der Waals surface area contributed by atoms with Gasteiger partial charge in [-0.15, -0.1) is 0 Å². The van der Waals surface area contributed by atoms with Gasteiger partial charge in [0.2, 0.25) is 0 Å². The Morgan fingerprint density at radius 2 is 2.22 bits per heavy atom. The van der Waals surface area contributed by atoms with Crippen LogP contribution in [0.5, 0.6) is 0 Å². The average Bonchev–Trinajstić information content (AvgIpc) is 2.83. The first-order valence-corrected chi connectivity index (χ1v) is 7.85. The number of aryl methyl sites for hydroxylation is 1. The van der Waals surface area contributed by atoms with Crippen LogP contribution >= 0.6 is 0 Å². The maximum Gasteiger partial charge on any atom is 0.180 e. The predicted molar refractivity (Wildman–Crippen MR) is 71.2 cm³/mol. The van der Waals surface area contributed by atoms with Gasteiger partial charge in [-0.2, -0.15) is 0 Å². The van der Waals surface area contributed by atoms with Crippen molar-refractivity contribution in [3.63, 3.8) is 0 Å². The summed E-state index contributed by atoms with van der Waals surface area (Å²) in [6.45, 7) is 2.56. The fraction of sp³-hybridized carbons (Fsp3) is 0.538. The van der Waals surface area contributed by atoms with Crippen LogP contribution in [0.25, 0.3) is 0 Å². The van der Waals surface area contributed by atoms with E-state index in [0.29, 0.717) is 12.1 Å². The van der Waals surface area contributed by atoms with Gasteiger partial charge in [-0.05, 0) is 37.8 Å². The molecule has 0 aliphatic carbocycles. The van der Waals surface area contributed by atoms with Crippen molar-refractivity contribution >= 4 is 15.5 Å². The van der Waals surface area contributed by atoms with E-state index in [-0.39, 0.29) is 16.8 Å². The SMILES string of the molecule is Cc1cccc(S(=O)(=O)CCC2CCCO2)c1N. The first kappa shape index (κ1) is 13.4. The molecule has 4 nitrogen and oxygen atoms in total. The van der Waals surface area contributed by atoms with E-state index in [1.165, 1.54) is 0 Å². The minimum Gasteiger partial charge on any atom is -0.397 e. The zero-order chi connectivity index (χ0) is 13.2. The zero-order valence-electron chi connectivity index (χ0n) is 10.6. The van der Waals surface area contributed by atoms with E-state index in [1.54, 1.807) is 12.1 Å². The normalized spacial score (nSPS) is 20.2. The predicted octanol–water partition coefficient (Wildman–Crippen LogP) is 1.92. The van der Waals surface area contributed by atoms with Gasteiger partial charge in [-0.25, -0.2) is 8.42 Å². The molecular weight excluding hydrogens is 250 g/mol. The van der Waals surface area contributed by atoms with E-state index in [9.17, 15) is 8.42 Å². The van der Waals surface area contributed by atoms with Gasteiger partial charge >= 0.3 is 0 Å². The number of hydrogen-bond donors (Lipinski definition) is 1. The lowest BCUT2D eigenvalue weighted by Gasteiger charge is -2.12. The van der Waals surface area contributed by atoms with Crippen molar-refractivity contribution in [3.8, 4) is 0 Å². The van der Waals surface area contributed by atoms with Gasteiger partial charge in [0.25, 0.3) is 0 Å². The van der Waals surface area contributed by atoms with Crippen LogP contribution in [0.4, 0.5) is 5.69 Å². The van der Waals surface area contributed by atoms with Crippen molar-refractivity contribution < 1.29 is 13.2 Å². The number of sulfone groups is 1. The first-order valence-electron chi connectivity index (χ1n) is 6.20. The van der Waals surface area contributed by atoms with Crippen LogP contribution in [0.3, 0.4) is 0 Å². The van der Waals surface area contributed by atoms with Gasteiger partial charge < -0.3 is 10.5 Å². The Hall–Kier alpha value is -1.07. The number of ether oxygens (including phenoxy) is 1. The number of hydrogen-bond acceptors (Lipinski definition) is 4. The molecule has 100 valence electrons. The molecule has 0 spiro atoms. The first-order chi connectivity index (χ1) is 8.50. The summed E-state index contributed by atoms with van der Waals surface area (Å²) < 4.78 is 29.9. The molecule has 1 aliphatic heterocycles. The molecule has 0 saturated carbocycles. The Bertz CT molecular complexity index is 519. The molecule has 5 heteroatoms. The van der Waals surface area contributed by atoms with E-state index in [1.807, 2.05) is 13.0 Å². The quantitative estimate of drug-likeness (QED) is 0.848. The van der Waals surface area contributed by atoms with Gasteiger partial charge in [-0.1, -0.05) is 12.1 Å². The molecule has 2 rings (SSSR count). The lowest BCUT2D eigenvalue weighted by atomic mass is 10.2. The van der Waals surface area contributed by atoms with E-state index in [0.717, 1.165) is 25.0 Å². The Morgan fingerprint density at radius 1 is 1.44 bits per heavy atom. The summed E-state index contributed by atoms with van der Waals surface area (Å²) in [6.07, 6.45) is 2.62. The second-order valence-electron chi connectivity index (χ2n) is 4.73. The number of nitrogens with two attached hydrogens (primary N) is 1. The number of rotatable bonds is 4. The molecule has 2 N–H and O–H groups in total. The van der Waals surface area contributed by atoms with Gasteiger partial charge in [0, 0.05) is 6.61 Å². The van der Waals surface area contributed by atoms with E-state index < -0.39 is 9.84 Å². The highest BCUT2D eigenvalue weighted by atomic mass is 32.2. The summed E-state index contributed by atoms with van der Waals surface area (Å²) in [5, 5.41) is 0. The van der Waals surface area contributed by atoms with Gasteiger partial charge in [0.15, 0.2) is 9.84 Å². The molecule has 1 unspecified atom stereocenters. The van der Waals surface area contributed by atoms with Gasteiger partial charge in [0.1, 0.15) is 0 Å². The standard InChI is InChI=1S/C13H19NO3S/c1-10-4-2-6-12(13(10)14)18(15,16)9-7-11-5-3-8-17-11/h2,4,6,11H,3,5,7-9,14H2,1H3. The molecule has 18 heavy (non-hydrogen) atoms. The van der Waals surface area contributed by atoms with Gasteiger partial charge in [-0.3, -0.25) is 0 Å². The summed E-state index contributed by atoms with van der Waals surface area (Å²) in [5.41, 5.74) is 7.01. The lowest BCUT2D eigenvalue weighted by molar-refractivity contribution is 0.109. The smallest absolute Gasteiger partial charge is 0.180 e. The molecule has 1 heterocycles. The Balaban J connectivity index is 2.12. The number of anilines is 1. The second-order valence-corrected chi connectivity index (χ2v) is 6.81. The molecule has 1 aromatic carbocycles. The van der Waals surface area contributed by atoms with Crippen molar-refractivity contribution in [1.82, 2.24) is 0 Å². The number of para-hydroxylation sites is 1. The molecule has 0 bridgehead atoms. The molecule has 1 saturated heterocycles. The van der Waals surface area contributed by atoms with Crippen LogP contribution in [-0.2, 0) is 14.6 Å². The number of nitrogen functional groups attached to an aromatic ring is 1. The molecule has 0 radical (unpaired) electrons. The third-order valence-electron chi connectivity index (χ3n) is 3.35. The Morgan fingerprint density at radius 3 is 2.89 bits per heavy atom. The van der Waals surface area contributed by atoms with E-state index in [4.69, 9.17) is 10.5 Å². The molecule has 0 aromatic heterocycles. The molecule has 1 aromatic rings. The van der Waals surface area contributed by atoms with Crippen LogP contribution < -0.4 is 5.73 Å². The monoisotopic (exact) mass is 269 g/mol. The van der Waals surface area contributed by atoms with Crippen LogP contribution in [0.2, 0.25) is 0 Å². The van der Waals surface area contributed by atoms with E-state index in [2.05, 4.69) is 0 Å². The molecule has 1 fully saturated rings. The summed E-state index contributed by atoms with van der Waals surface area (Å²) in [5.74, 6) is 0.102. The summed E-state index contributed by atoms with van der Waals surface area (Å²) in [7, 11) is -3.31. The summed E-state index contributed by atoms with van der Waals surface area (Å²) in [6, 6.07) is 5.12. The zero-order valence-corrected chi connectivity index (χ0v) is 11.4. The van der Waals surface area contributed by atoms with Crippen LogP contribution in [0.15, 0.2) is 23.1 Å². The fourth-order valence-electron chi connectivity index (χ4n) is 2.19. The van der Waals surface area contributed by atoms with Crippen LogP contribution in [0.1, 0.15) is 24.8 Å². The summed E-state index contributed by atoms with van der Waals surface area (Å²) in [4.78, 5) is 0.250.